The largest absolute Gasteiger partial charge is 0.309 e. The lowest BCUT2D eigenvalue weighted by Crippen LogP contribution is -2.17. The molecule has 100 valence electrons. The molecule has 0 N–H and O–H groups in total. The third kappa shape index (κ3) is 4.15. The van der Waals surface area contributed by atoms with E-state index >= 15 is 0 Å². The number of aromatic nitrogens is 1. The molecule has 1 aromatic heterocycles. The van der Waals surface area contributed by atoms with Gasteiger partial charge in [-0.1, -0.05) is 34.1 Å². The number of hydrogen-bond donors (Lipinski definition) is 0. The molecule has 0 fully saturated rings. The van der Waals surface area contributed by atoms with Crippen molar-refractivity contribution in [3.05, 3.63) is 64.4 Å². The lowest BCUT2D eigenvalue weighted by Gasteiger charge is -2.19. The number of rotatable bonds is 5. The zero-order valence-electron chi connectivity index (χ0n) is 15.0. The van der Waals surface area contributed by atoms with Crippen LogP contribution in [0.3, 0.4) is 0 Å². The van der Waals surface area contributed by atoms with Crippen molar-refractivity contribution in [1.82, 2.24) is 9.88 Å². The molecule has 0 radical (unpaired) electrons. The summed E-state index contributed by atoms with van der Waals surface area (Å²) in [6, 6.07) is 12.5. The quantitative estimate of drug-likeness (QED) is 0.829. The fourth-order valence-corrected chi connectivity index (χ4v) is 1.99. The van der Waals surface area contributed by atoms with Crippen LogP contribution in [0.25, 0.3) is 0 Å². The van der Waals surface area contributed by atoms with Crippen LogP contribution in [0.2, 0.25) is 0 Å². The fraction of sp³-hybridized carbons (Fsp3) is 0.312. The summed E-state index contributed by atoms with van der Waals surface area (Å²) in [6.07, 6.45) is -0.582. The van der Waals surface area contributed by atoms with Crippen molar-refractivity contribution in [2.45, 2.75) is 12.3 Å². The van der Waals surface area contributed by atoms with Crippen LogP contribution in [-0.2, 0) is 0 Å². The van der Waals surface area contributed by atoms with E-state index in [-0.39, 0.29) is 0 Å². The molecule has 1 heterocycles. The molecule has 0 saturated heterocycles. The first-order valence-electron chi connectivity index (χ1n) is 8.01. The molecule has 0 bridgehead atoms. The van der Waals surface area contributed by atoms with Crippen LogP contribution in [0.1, 0.15) is 29.0 Å². The van der Waals surface area contributed by atoms with Crippen LogP contribution in [0.5, 0.6) is 0 Å². The second kappa shape index (κ2) is 6.83. The van der Waals surface area contributed by atoms with Gasteiger partial charge in [-0.2, -0.15) is 0 Å². The lowest BCUT2D eigenvalue weighted by molar-refractivity contribution is 0.389. The van der Waals surface area contributed by atoms with Crippen LogP contribution in [0, 0.1) is 0 Å². The van der Waals surface area contributed by atoms with Gasteiger partial charge in [0.2, 0.25) is 0 Å². The van der Waals surface area contributed by atoms with Crippen molar-refractivity contribution < 1.29 is 5.48 Å². The highest BCUT2D eigenvalue weighted by Gasteiger charge is 2.15. The van der Waals surface area contributed by atoms with Gasteiger partial charge in [0, 0.05) is 27.8 Å². The molecule has 1 unspecified atom stereocenters. The molecule has 0 saturated carbocycles. The first-order valence-corrected chi connectivity index (χ1v) is 6.81. The summed E-state index contributed by atoms with van der Waals surface area (Å²) in [5, 5.41) is 0. The molecule has 19 heavy (non-hydrogen) atoms. The van der Waals surface area contributed by atoms with Gasteiger partial charge in [-0.15, -0.1) is 0 Å². The molecule has 2 aromatic rings. The Balaban J connectivity index is 2.61. The molecule has 0 aliphatic heterocycles. The van der Waals surface area contributed by atoms with Crippen molar-refractivity contribution in [1.29, 1.82) is 0 Å². The first kappa shape index (κ1) is 9.67. The predicted molar refractivity (Wildman–Crippen MR) is 83.4 cm³/mol. The van der Waals surface area contributed by atoms with Gasteiger partial charge >= 0.3 is 0 Å². The Kier molecular flexibility index (Phi) is 3.48. The van der Waals surface area contributed by atoms with Gasteiger partial charge in [0.25, 0.3) is 0 Å². The topological polar surface area (TPSA) is 16.1 Å². The molecule has 1 atom stereocenters. The van der Waals surface area contributed by atoms with Gasteiger partial charge in [-0.05, 0) is 56.8 Å². The standard InChI is InChI=1S/C16H19BrN2/c1-19(2)12-10-15(16-5-3-4-11-18-16)13-6-8-14(17)9-7-13/h3-9,11,15H,10,12H2,1-2H3/i10D2,12D2. The molecule has 2 rings (SSSR count). The van der Waals surface area contributed by atoms with Crippen LogP contribution >= 0.6 is 15.9 Å². The Morgan fingerprint density at radius 3 is 2.53 bits per heavy atom. The zero-order chi connectivity index (χ0) is 17.3. The maximum atomic E-state index is 8.54. The van der Waals surface area contributed by atoms with Crippen LogP contribution < -0.4 is 0 Å². The average Bonchev–Trinajstić information content (AvgIpc) is 2.50. The van der Waals surface area contributed by atoms with Crippen molar-refractivity contribution in [2.24, 2.45) is 0 Å². The Bertz CT molecular complexity index is 645. The summed E-state index contributed by atoms with van der Waals surface area (Å²) in [6.45, 7) is -2.16. The van der Waals surface area contributed by atoms with Gasteiger partial charge in [-0.3, -0.25) is 4.98 Å². The number of nitrogens with zero attached hydrogens (tertiary/aromatic N) is 2. The molecule has 0 aliphatic carbocycles. The van der Waals surface area contributed by atoms with E-state index in [0.29, 0.717) is 11.3 Å². The summed E-state index contributed by atoms with van der Waals surface area (Å²) < 4.78 is 34.4. The van der Waals surface area contributed by atoms with Crippen molar-refractivity contribution in [3.8, 4) is 0 Å². The molecule has 3 heteroatoms. The fourth-order valence-electron chi connectivity index (χ4n) is 1.72. The van der Waals surface area contributed by atoms with Gasteiger partial charge in [-0.25, -0.2) is 0 Å². The van der Waals surface area contributed by atoms with E-state index < -0.39 is 18.8 Å². The van der Waals surface area contributed by atoms with E-state index in [9.17, 15) is 0 Å². The summed E-state index contributed by atoms with van der Waals surface area (Å²) in [5.41, 5.74) is 1.19. The number of pyridine rings is 1. The van der Waals surface area contributed by atoms with E-state index in [4.69, 9.17) is 5.48 Å². The van der Waals surface area contributed by atoms with Crippen LogP contribution in [0.15, 0.2) is 53.1 Å². The molecule has 2 nitrogen and oxygen atoms in total. The van der Waals surface area contributed by atoms with Crippen LogP contribution in [-0.4, -0.2) is 30.5 Å². The third-order valence-corrected chi connectivity index (χ3v) is 3.15. The van der Waals surface area contributed by atoms with Gasteiger partial charge < -0.3 is 4.90 Å². The van der Waals surface area contributed by atoms with E-state index in [2.05, 4.69) is 20.9 Å². The monoisotopic (exact) mass is 322 g/mol. The minimum Gasteiger partial charge on any atom is -0.309 e. The summed E-state index contributed by atoms with van der Waals surface area (Å²) >= 11 is 3.37. The van der Waals surface area contributed by atoms with Crippen molar-refractivity contribution in [2.75, 3.05) is 20.6 Å². The van der Waals surface area contributed by atoms with Crippen molar-refractivity contribution >= 4 is 15.9 Å². The predicted octanol–water partition coefficient (Wildman–Crippen LogP) is 3.93. The molecule has 0 amide bonds. The molecular formula is C16H19BrN2. The second-order valence-electron chi connectivity index (χ2n) is 4.39. The minimum atomic E-state index is -2.18. The normalized spacial score (nSPS) is 17.3. The summed E-state index contributed by atoms with van der Waals surface area (Å²) in [7, 11) is 3.07. The highest BCUT2D eigenvalue weighted by atomic mass is 79.9. The van der Waals surface area contributed by atoms with Gasteiger partial charge in [0.1, 0.15) is 0 Å². The number of hydrogen-bond acceptors (Lipinski definition) is 2. The average molecular weight is 323 g/mol. The molecule has 0 aliphatic rings. The maximum Gasteiger partial charge on any atom is 0.0478 e. The summed E-state index contributed by atoms with van der Waals surface area (Å²) in [4.78, 5) is 5.55. The highest BCUT2D eigenvalue weighted by molar-refractivity contribution is 9.10. The smallest absolute Gasteiger partial charge is 0.0478 e. The van der Waals surface area contributed by atoms with Gasteiger partial charge in [0.05, 0.1) is 0 Å². The third-order valence-electron chi connectivity index (χ3n) is 2.62. The first-order chi connectivity index (χ1) is 10.7. The van der Waals surface area contributed by atoms with E-state index in [1.165, 1.54) is 19.0 Å². The molecular weight excluding hydrogens is 300 g/mol. The van der Waals surface area contributed by atoms with Gasteiger partial charge in [0.15, 0.2) is 0 Å². The number of halogens is 1. The molecule has 0 spiro atoms. The highest BCUT2D eigenvalue weighted by Crippen LogP contribution is 2.27. The minimum absolute atomic E-state index is 0.505. The van der Waals surface area contributed by atoms with Crippen LogP contribution in [0.4, 0.5) is 0 Å². The van der Waals surface area contributed by atoms with E-state index in [1.54, 1.807) is 36.5 Å². The molecule has 1 aromatic carbocycles. The van der Waals surface area contributed by atoms with E-state index in [0.717, 1.165) is 4.47 Å². The Labute approximate surface area is 129 Å². The SMILES string of the molecule is [2H]C([2H])(C(c1ccc(Br)cc1)c1ccccn1)C([2H])([2H])N(C)C. The van der Waals surface area contributed by atoms with E-state index in [1.807, 2.05) is 12.1 Å². The summed E-state index contributed by atoms with van der Waals surface area (Å²) in [5.74, 6) is -0.825. The Hall–Kier alpha value is -1.19. The Morgan fingerprint density at radius 1 is 1.21 bits per heavy atom. The maximum absolute atomic E-state index is 8.54. The van der Waals surface area contributed by atoms with Crippen molar-refractivity contribution in [3.63, 3.8) is 0 Å². The second-order valence-corrected chi connectivity index (χ2v) is 5.31. The lowest BCUT2D eigenvalue weighted by atomic mass is 9.92. The number of benzene rings is 1. The Morgan fingerprint density at radius 2 is 1.95 bits per heavy atom. The zero-order valence-corrected chi connectivity index (χ0v) is 12.6.